The quantitative estimate of drug-likeness (QED) is 0.669. The molecular weight excluding hydrogens is 340 g/mol. The predicted octanol–water partition coefficient (Wildman–Crippen LogP) is 3.06. The summed E-state index contributed by atoms with van der Waals surface area (Å²) >= 11 is 0. The van der Waals surface area contributed by atoms with Crippen LogP contribution in [0.3, 0.4) is 0 Å². The molecule has 8 heteroatoms. The first-order valence-electron chi connectivity index (χ1n) is 7.54. The Kier molecular flexibility index (Phi) is 4.47. The Balaban J connectivity index is 1.74. The predicted molar refractivity (Wildman–Crippen MR) is 98.3 cm³/mol. The van der Waals surface area contributed by atoms with Gasteiger partial charge in [0, 0.05) is 37.2 Å². The second kappa shape index (κ2) is 6.58. The average molecular weight is 358 g/mol. The van der Waals surface area contributed by atoms with Crippen LogP contribution in [-0.4, -0.2) is 37.8 Å². The van der Waals surface area contributed by atoms with E-state index in [1.54, 1.807) is 18.2 Å². The lowest BCUT2D eigenvalue weighted by Gasteiger charge is -2.13. The second-order valence-electron chi connectivity index (χ2n) is 5.67. The van der Waals surface area contributed by atoms with Gasteiger partial charge in [-0.2, -0.15) is 0 Å². The van der Waals surface area contributed by atoms with Gasteiger partial charge in [0.2, 0.25) is 10.0 Å². The summed E-state index contributed by atoms with van der Waals surface area (Å²) in [5, 5.41) is 6.41. The van der Waals surface area contributed by atoms with Crippen molar-refractivity contribution in [2.75, 3.05) is 24.7 Å². The molecule has 1 aromatic heterocycles. The number of amides is 2. The number of carbonyl (C=O) groups is 1. The molecule has 2 aromatic carbocycles. The molecule has 7 nitrogen and oxygen atoms in total. The Hall–Kier alpha value is -2.84. The van der Waals surface area contributed by atoms with Gasteiger partial charge >= 0.3 is 6.03 Å². The van der Waals surface area contributed by atoms with Crippen molar-refractivity contribution in [3.63, 3.8) is 0 Å². The largest absolute Gasteiger partial charge is 0.361 e. The molecule has 0 spiro atoms. The average Bonchev–Trinajstić information content (AvgIpc) is 3.02. The molecule has 0 aliphatic heterocycles. The van der Waals surface area contributed by atoms with Crippen molar-refractivity contribution in [1.29, 1.82) is 0 Å². The minimum absolute atomic E-state index is 0.114. The summed E-state index contributed by atoms with van der Waals surface area (Å²) in [5.41, 5.74) is 1.93. The van der Waals surface area contributed by atoms with Gasteiger partial charge in [-0.25, -0.2) is 17.5 Å². The number of carbonyl (C=O) groups excluding carboxylic acids is 1. The highest BCUT2D eigenvalue weighted by atomic mass is 32.2. The molecule has 0 aliphatic rings. The molecule has 0 radical (unpaired) electrons. The molecule has 2 amide bonds. The lowest BCUT2D eigenvalue weighted by molar-refractivity contribution is 0.262. The lowest BCUT2D eigenvalue weighted by atomic mass is 10.2. The van der Waals surface area contributed by atoms with Gasteiger partial charge in [0.05, 0.1) is 4.90 Å². The molecule has 0 aliphatic carbocycles. The maximum absolute atomic E-state index is 12.2. The summed E-state index contributed by atoms with van der Waals surface area (Å²) in [6.07, 6.45) is 1.82. The molecule has 0 saturated heterocycles. The molecule has 0 atom stereocenters. The molecular formula is C17H18N4O3S. The second-order valence-corrected chi connectivity index (χ2v) is 7.83. The molecule has 0 saturated carbocycles. The van der Waals surface area contributed by atoms with Gasteiger partial charge in [0.15, 0.2) is 0 Å². The lowest BCUT2D eigenvalue weighted by Crippen LogP contribution is -2.23. The summed E-state index contributed by atoms with van der Waals surface area (Å²) in [7, 11) is -0.640. The molecule has 1 heterocycles. The van der Waals surface area contributed by atoms with Gasteiger partial charge in [0.1, 0.15) is 0 Å². The van der Waals surface area contributed by atoms with Crippen molar-refractivity contribution in [3.8, 4) is 0 Å². The third kappa shape index (κ3) is 3.65. The summed E-state index contributed by atoms with van der Waals surface area (Å²) < 4.78 is 25.4. The zero-order valence-corrected chi connectivity index (χ0v) is 14.6. The summed E-state index contributed by atoms with van der Waals surface area (Å²) in [6.45, 7) is 0. The van der Waals surface area contributed by atoms with Crippen molar-refractivity contribution in [1.82, 2.24) is 9.29 Å². The van der Waals surface area contributed by atoms with E-state index in [-0.39, 0.29) is 4.90 Å². The Labute approximate surface area is 145 Å². The number of hydrogen-bond acceptors (Lipinski definition) is 3. The van der Waals surface area contributed by atoms with E-state index in [4.69, 9.17) is 0 Å². The molecule has 25 heavy (non-hydrogen) atoms. The standard InChI is InChI=1S/C17H18N4O3S/c1-21(2)25(23,24)15-5-3-4-13(10-15)19-17(22)20-14-7-6-12-8-9-18-16(12)11-14/h3-11,18H,1-2H3,(H2,19,20,22). The Bertz CT molecular complexity index is 1030. The first-order chi connectivity index (χ1) is 11.9. The number of H-pyrrole nitrogens is 1. The van der Waals surface area contributed by atoms with E-state index in [0.717, 1.165) is 15.2 Å². The zero-order valence-electron chi connectivity index (χ0n) is 13.8. The number of sulfonamides is 1. The van der Waals surface area contributed by atoms with Gasteiger partial charge in [-0.05, 0) is 41.8 Å². The van der Waals surface area contributed by atoms with Crippen molar-refractivity contribution in [3.05, 3.63) is 54.7 Å². The van der Waals surface area contributed by atoms with E-state index >= 15 is 0 Å². The number of hydrogen-bond donors (Lipinski definition) is 3. The van der Waals surface area contributed by atoms with Crippen LogP contribution in [0.15, 0.2) is 59.6 Å². The van der Waals surface area contributed by atoms with Crippen molar-refractivity contribution in [2.24, 2.45) is 0 Å². The number of urea groups is 1. The van der Waals surface area contributed by atoms with Gasteiger partial charge < -0.3 is 15.6 Å². The Morgan fingerprint density at radius 2 is 1.72 bits per heavy atom. The topological polar surface area (TPSA) is 94.3 Å². The summed E-state index contributed by atoms with van der Waals surface area (Å²) in [5.74, 6) is 0. The molecule has 0 unspecified atom stereocenters. The maximum atomic E-state index is 12.2. The molecule has 3 N–H and O–H groups in total. The normalized spacial score (nSPS) is 11.6. The summed E-state index contributed by atoms with van der Waals surface area (Å²) in [6, 6.07) is 13.1. The van der Waals surface area contributed by atoms with E-state index in [1.807, 2.05) is 24.4 Å². The van der Waals surface area contributed by atoms with Crippen molar-refractivity contribution >= 4 is 38.3 Å². The van der Waals surface area contributed by atoms with Gasteiger partial charge in [-0.3, -0.25) is 0 Å². The number of fused-ring (bicyclic) bond motifs is 1. The van der Waals surface area contributed by atoms with Crippen LogP contribution in [0.25, 0.3) is 10.9 Å². The van der Waals surface area contributed by atoms with Crippen molar-refractivity contribution in [2.45, 2.75) is 4.90 Å². The van der Waals surface area contributed by atoms with Crippen LogP contribution in [0.1, 0.15) is 0 Å². The van der Waals surface area contributed by atoms with E-state index in [2.05, 4.69) is 15.6 Å². The van der Waals surface area contributed by atoms with Crippen LogP contribution in [0.2, 0.25) is 0 Å². The third-order valence-corrected chi connectivity index (χ3v) is 5.49. The maximum Gasteiger partial charge on any atom is 0.323 e. The first-order valence-corrected chi connectivity index (χ1v) is 8.98. The highest BCUT2D eigenvalue weighted by Crippen LogP contribution is 2.20. The highest BCUT2D eigenvalue weighted by Gasteiger charge is 2.17. The molecule has 0 bridgehead atoms. The van der Waals surface area contributed by atoms with E-state index in [9.17, 15) is 13.2 Å². The van der Waals surface area contributed by atoms with Crippen LogP contribution >= 0.6 is 0 Å². The van der Waals surface area contributed by atoms with Crippen LogP contribution in [-0.2, 0) is 10.0 Å². The number of benzene rings is 2. The Morgan fingerprint density at radius 3 is 2.44 bits per heavy atom. The molecule has 3 aromatic rings. The fraction of sp³-hybridized carbons (Fsp3) is 0.118. The zero-order chi connectivity index (χ0) is 18.0. The SMILES string of the molecule is CN(C)S(=O)(=O)c1cccc(NC(=O)Nc2ccc3cc[nH]c3c2)c1. The van der Waals surface area contributed by atoms with Gasteiger partial charge in [-0.15, -0.1) is 0 Å². The number of anilines is 2. The van der Waals surface area contributed by atoms with E-state index < -0.39 is 16.1 Å². The van der Waals surface area contributed by atoms with Gasteiger partial charge in [0.25, 0.3) is 0 Å². The van der Waals surface area contributed by atoms with Crippen LogP contribution < -0.4 is 10.6 Å². The number of aromatic nitrogens is 1. The minimum atomic E-state index is -3.55. The third-order valence-electron chi connectivity index (χ3n) is 3.68. The fourth-order valence-electron chi connectivity index (χ4n) is 2.36. The monoisotopic (exact) mass is 358 g/mol. The molecule has 0 fully saturated rings. The Morgan fingerprint density at radius 1 is 1.00 bits per heavy atom. The van der Waals surface area contributed by atoms with Gasteiger partial charge in [-0.1, -0.05) is 12.1 Å². The van der Waals surface area contributed by atoms with Crippen LogP contribution in [0.4, 0.5) is 16.2 Å². The smallest absolute Gasteiger partial charge is 0.323 e. The number of rotatable bonds is 4. The number of aromatic amines is 1. The summed E-state index contributed by atoms with van der Waals surface area (Å²) in [4.78, 5) is 15.3. The minimum Gasteiger partial charge on any atom is -0.361 e. The van der Waals surface area contributed by atoms with Crippen molar-refractivity contribution < 1.29 is 13.2 Å². The fourth-order valence-corrected chi connectivity index (χ4v) is 3.31. The number of nitrogens with one attached hydrogen (secondary N) is 3. The number of nitrogens with zero attached hydrogens (tertiary/aromatic N) is 1. The highest BCUT2D eigenvalue weighted by molar-refractivity contribution is 7.89. The molecule has 130 valence electrons. The first kappa shape index (κ1) is 17.0. The van der Waals surface area contributed by atoms with Crippen LogP contribution in [0, 0.1) is 0 Å². The van der Waals surface area contributed by atoms with Crippen LogP contribution in [0.5, 0.6) is 0 Å². The molecule has 3 rings (SSSR count). The van der Waals surface area contributed by atoms with E-state index in [1.165, 1.54) is 26.2 Å². The van der Waals surface area contributed by atoms with E-state index in [0.29, 0.717) is 11.4 Å².